The predicted molar refractivity (Wildman–Crippen MR) is 78.7 cm³/mol. The number of methoxy groups -OCH3 is 1. The van der Waals surface area contributed by atoms with E-state index in [0.717, 1.165) is 37.8 Å². The largest absolute Gasteiger partial charge is 0.496 e. The van der Waals surface area contributed by atoms with Crippen molar-refractivity contribution in [3.05, 3.63) is 29.3 Å². The molecule has 1 aromatic carbocycles. The molecular weight excluding hydrogens is 303 g/mol. The molecule has 120 valence electrons. The molecule has 2 nitrogen and oxygen atoms in total. The van der Waals surface area contributed by atoms with Gasteiger partial charge < -0.3 is 10.5 Å². The SMILES string of the molecule is COc1cc(C(F)(F)F)ccc1[C@H](N)C1CCCCC1.Cl. The summed E-state index contributed by atoms with van der Waals surface area (Å²) in [4.78, 5) is 0. The highest BCUT2D eigenvalue weighted by molar-refractivity contribution is 5.85. The topological polar surface area (TPSA) is 35.2 Å². The van der Waals surface area contributed by atoms with Crippen molar-refractivity contribution in [1.29, 1.82) is 0 Å². The van der Waals surface area contributed by atoms with Gasteiger partial charge in [-0.1, -0.05) is 25.3 Å². The van der Waals surface area contributed by atoms with Crippen LogP contribution in [0.1, 0.15) is 49.3 Å². The van der Waals surface area contributed by atoms with Gasteiger partial charge in [0, 0.05) is 11.6 Å². The standard InChI is InChI=1S/C15H20F3NO.ClH/c1-20-13-9-11(15(16,17)18)7-8-12(13)14(19)10-5-3-2-4-6-10;/h7-10,14H,2-6,19H2,1H3;1H/t14-;/m1./s1. The van der Waals surface area contributed by atoms with Crippen LogP contribution in [-0.2, 0) is 6.18 Å². The Bertz CT molecular complexity index is 459. The van der Waals surface area contributed by atoms with Gasteiger partial charge in [0.1, 0.15) is 5.75 Å². The average molecular weight is 324 g/mol. The third kappa shape index (κ3) is 4.27. The van der Waals surface area contributed by atoms with E-state index >= 15 is 0 Å². The first kappa shape index (κ1) is 18.1. The van der Waals surface area contributed by atoms with Crippen LogP contribution in [0.25, 0.3) is 0 Å². The molecule has 1 saturated carbocycles. The highest BCUT2D eigenvalue weighted by Crippen LogP contribution is 2.39. The van der Waals surface area contributed by atoms with Crippen molar-refractivity contribution >= 4 is 12.4 Å². The van der Waals surface area contributed by atoms with Gasteiger partial charge in [0.2, 0.25) is 0 Å². The number of hydrogen-bond acceptors (Lipinski definition) is 2. The quantitative estimate of drug-likeness (QED) is 0.873. The summed E-state index contributed by atoms with van der Waals surface area (Å²) in [5.41, 5.74) is 6.22. The summed E-state index contributed by atoms with van der Waals surface area (Å²) in [5, 5.41) is 0. The minimum absolute atomic E-state index is 0. The molecule has 0 amide bonds. The fourth-order valence-electron chi connectivity index (χ4n) is 2.91. The summed E-state index contributed by atoms with van der Waals surface area (Å²) in [6.45, 7) is 0. The molecule has 0 aliphatic heterocycles. The van der Waals surface area contributed by atoms with Gasteiger partial charge in [0.15, 0.2) is 0 Å². The molecule has 0 heterocycles. The van der Waals surface area contributed by atoms with E-state index in [1.54, 1.807) is 0 Å². The fraction of sp³-hybridized carbons (Fsp3) is 0.600. The van der Waals surface area contributed by atoms with Crippen molar-refractivity contribution in [2.24, 2.45) is 11.7 Å². The molecule has 21 heavy (non-hydrogen) atoms. The number of ether oxygens (including phenoxy) is 1. The van der Waals surface area contributed by atoms with Crippen LogP contribution in [0.15, 0.2) is 18.2 Å². The molecule has 0 spiro atoms. The third-order valence-electron chi connectivity index (χ3n) is 4.08. The normalized spacial score (nSPS) is 18.0. The maximum Gasteiger partial charge on any atom is 0.416 e. The minimum Gasteiger partial charge on any atom is -0.496 e. The van der Waals surface area contributed by atoms with Crippen LogP contribution in [0.4, 0.5) is 13.2 Å². The zero-order chi connectivity index (χ0) is 14.8. The van der Waals surface area contributed by atoms with Gasteiger partial charge in [-0.25, -0.2) is 0 Å². The summed E-state index contributed by atoms with van der Waals surface area (Å²) < 4.78 is 43.2. The van der Waals surface area contributed by atoms with Crippen molar-refractivity contribution in [2.75, 3.05) is 7.11 Å². The highest BCUT2D eigenvalue weighted by Gasteiger charge is 2.32. The van der Waals surface area contributed by atoms with Gasteiger partial charge in [0.05, 0.1) is 12.7 Å². The van der Waals surface area contributed by atoms with Gasteiger partial charge in [0.25, 0.3) is 0 Å². The molecule has 0 bridgehead atoms. The van der Waals surface area contributed by atoms with Gasteiger partial charge in [-0.3, -0.25) is 0 Å². The van der Waals surface area contributed by atoms with Crippen LogP contribution in [-0.4, -0.2) is 7.11 Å². The zero-order valence-electron chi connectivity index (χ0n) is 12.0. The first-order valence-electron chi connectivity index (χ1n) is 6.94. The summed E-state index contributed by atoms with van der Waals surface area (Å²) in [6.07, 6.45) is 1.20. The lowest BCUT2D eigenvalue weighted by atomic mass is 9.81. The van der Waals surface area contributed by atoms with Crippen LogP contribution in [0, 0.1) is 5.92 Å². The lowest BCUT2D eigenvalue weighted by Gasteiger charge is -2.29. The van der Waals surface area contributed by atoms with Crippen molar-refractivity contribution in [2.45, 2.75) is 44.3 Å². The number of nitrogens with two attached hydrogens (primary N) is 1. The van der Waals surface area contributed by atoms with Crippen molar-refractivity contribution < 1.29 is 17.9 Å². The monoisotopic (exact) mass is 323 g/mol. The Morgan fingerprint density at radius 1 is 1.19 bits per heavy atom. The predicted octanol–water partition coefficient (Wildman–Crippen LogP) is 4.72. The van der Waals surface area contributed by atoms with E-state index in [1.165, 1.54) is 19.6 Å². The Morgan fingerprint density at radius 3 is 2.33 bits per heavy atom. The Hall–Kier alpha value is -0.940. The fourth-order valence-corrected chi connectivity index (χ4v) is 2.91. The molecule has 6 heteroatoms. The van der Waals surface area contributed by atoms with Crippen LogP contribution in [0.5, 0.6) is 5.75 Å². The minimum atomic E-state index is -4.36. The Labute approximate surface area is 129 Å². The molecule has 0 radical (unpaired) electrons. The van der Waals surface area contributed by atoms with E-state index in [-0.39, 0.29) is 24.2 Å². The maximum atomic E-state index is 12.7. The number of hydrogen-bond donors (Lipinski definition) is 1. The summed E-state index contributed by atoms with van der Waals surface area (Å²) in [6, 6.07) is 3.33. The van der Waals surface area contributed by atoms with Gasteiger partial charge in [-0.15, -0.1) is 12.4 Å². The van der Waals surface area contributed by atoms with Gasteiger partial charge >= 0.3 is 6.18 Å². The second kappa shape index (κ2) is 7.36. The zero-order valence-corrected chi connectivity index (χ0v) is 12.8. The van der Waals surface area contributed by atoms with E-state index in [2.05, 4.69) is 0 Å². The second-order valence-electron chi connectivity index (χ2n) is 5.38. The van der Waals surface area contributed by atoms with Gasteiger partial charge in [-0.2, -0.15) is 13.2 Å². The average Bonchev–Trinajstić information content (AvgIpc) is 2.45. The Morgan fingerprint density at radius 2 is 1.81 bits per heavy atom. The first-order valence-corrected chi connectivity index (χ1v) is 6.94. The number of halogens is 4. The smallest absolute Gasteiger partial charge is 0.416 e. The lowest BCUT2D eigenvalue weighted by Crippen LogP contribution is -2.24. The summed E-state index contributed by atoms with van der Waals surface area (Å²) >= 11 is 0. The number of alkyl halides is 3. The van der Waals surface area contributed by atoms with Crippen LogP contribution in [0.3, 0.4) is 0 Å². The highest BCUT2D eigenvalue weighted by atomic mass is 35.5. The van der Waals surface area contributed by atoms with Crippen molar-refractivity contribution in [3.8, 4) is 5.75 Å². The van der Waals surface area contributed by atoms with Crippen molar-refractivity contribution in [1.82, 2.24) is 0 Å². The molecule has 2 rings (SSSR count). The van der Waals surface area contributed by atoms with E-state index in [4.69, 9.17) is 10.5 Å². The molecule has 1 aliphatic carbocycles. The molecule has 2 N–H and O–H groups in total. The summed E-state index contributed by atoms with van der Waals surface area (Å²) in [7, 11) is 1.38. The molecule has 1 aromatic rings. The molecule has 1 atom stereocenters. The van der Waals surface area contributed by atoms with Crippen LogP contribution in [0.2, 0.25) is 0 Å². The molecular formula is C15H21ClF3NO. The van der Waals surface area contributed by atoms with Gasteiger partial charge in [-0.05, 0) is 30.9 Å². The maximum absolute atomic E-state index is 12.7. The van der Waals surface area contributed by atoms with Crippen LogP contribution >= 0.6 is 12.4 Å². The molecule has 1 fully saturated rings. The number of rotatable bonds is 3. The molecule has 0 unspecified atom stereocenters. The Kier molecular flexibility index (Phi) is 6.35. The van der Waals surface area contributed by atoms with E-state index in [9.17, 15) is 13.2 Å². The summed E-state index contributed by atoms with van der Waals surface area (Å²) in [5.74, 6) is 0.562. The lowest BCUT2D eigenvalue weighted by molar-refractivity contribution is -0.137. The Balaban J connectivity index is 0.00000220. The third-order valence-corrected chi connectivity index (χ3v) is 4.08. The second-order valence-corrected chi connectivity index (χ2v) is 5.38. The van der Waals surface area contributed by atoms with Crippen LogP contribution < -0.4 is 10.5 Å². The number of benzene rings is 1. The van der Waals surface area contributed by atoms with E-state index in [0.29, 0.717) is 11.5 Å². The first-order chi connectivity index (χ1) is 9.43. The molecule has 1 aliphatic rings. The van der Waals surface area contributed by atoms with Crippen molar-refractivity contribution in [3.63, 3.8) is 0 Å². The molecule has 0 saturated heterocycles. The van der Waals surface area contributed by atoms with E-state index < -0.39 is 11.7 Å². The van der Waals surface area contributed by atoms with E-state index in [1.807, 2.05) is 0 Å². The molecule has 0 aromatic heterocycles.